The molecule has 154 valence electrons. The maximum atomic E-state index is 12.7. The molecule has 1 N–H and O–H groups in total. The Kier molecular flexibility index (Phi) is 5.85. The van der Waals surface area contributed by atoms with Gasteiger partial charge < -0.3 is 9.88 Å². The maximum Gasteiger partial charge on any atom is 0.294 e. The number of rotatable bonds is 6. The number of nitro benzene ring substituents is 1. The average Bonchev–Trinajstić information content (AvgIpc) is 3.29. The summed E-state index contributed by atoms with van der Waals surface area (Å²) in [4.78, 5) is 30.1. The first-order valence-electron chi connectivity index (χ1n) is 9.99. The van der Waals surface area contributed by atoms with Gasteiger partial charge in [0.25, 0.3) is 11.6 Å². The zero-order chi connectivity index (χ0) is 20.9. The predicted octanol–water partition coefficient (Wildman–Crippen LogP) is 4.02. The van der Waals surface area contributed by atoms with Gasteiger partial charge in [-0.25, -0.2) is 4.98 Å². The molecule has 0 saturated carbocycles. The van der Waals surface area contributed by atoms with Crippen LogP contribution in [0.1, 0.15) is 35.2 Å². The van der Waals surface area contributed by atoms with E-state index in [-0.39, 0.29) is 17.2 Å². The van der Waals surface area contributed by atoms with Crippen molar-refractivity contribution in [3.8, 4) is 5.69 Å². The molecular formula is C22H23N5O3. The van der Waals surface area contributed by atoms with Crippen molar-refractivity contribution in [1.29, 1.82) is 0 Å². The molecule has 30 heavy (non-hydrogen) atoms. The van der Waals surface area contributed by atoms with Gasteiger partial charge >= 0.3 is 0 Å². The SMILES string of the molecule is O=C(Nc1cccc(CN2CCCCC2)c1)c1ccc(-n2ccnc2)c([N+](=O)[O-])c1. The number of piperidine rings is 1. The molecule has 0 spiro atoms. The van der Waals surface area contributed by atoms with Gasteiger partial charge in [-0.15, -0.1) is 0 Å². The zero-order valence-corrected chi connectivity index (χ0v) is 16.5. The summed E-state index contributed by atoms with van der Waals surface area (Å²) in [6.45, 7) is 3.06. The number of nitro groups is 1. The lowest BCUT2D eigenvalue weighted by molar-refractivity contribution is -0.384. The lowest BCUT2D eigenvalue weighted by atomic mass is 10.1. The third-order valence-electron chi connectivity index (χ3n) is 5.26. The van der Waals surface area contributed by atoms with Crippen LogP contribution in [0.15, 0.2) is 61.2 Å². The number of anilines is 1. The second-order valence-corrected chi connectivity index (χ2v) is 7.42. The van der Waals surface area contributed by atoms with Gasteiger partial charge in [0.1, 0.15) is 5.69 Å². The first-order chi connectivity index (χ1) is 14.6. The van der Waals surface area contributed by atoms with Gasteiger partial charge in [-0.05, 0) is 55.8 Å². The predicted molar refractivity (Wildman–Crippen MR) is 114 cm³/mol. The highest BCUT2D eigenvalue weighted by atomic mass is 16.6. The molecular weight excluding hydrogens is 382 g/mol. The molecule has 1 fully saturated rings. The van der Waals surface area contributed by atoms with E-state index in [9.17, 15) is 14.9 Å². The van der Waals surface area contributed by atoms with E-state index in [1.807, 2.05) is 18.2 Å². The third-order valence-corrected chi connectivity index (χ3v) is 5.26. The van der Waals surface area contributed by atoms with Crippen LogP contribution in [-0.2, 0) is 6.54 Å². The smallest absolute Gasteiger partial charge is 0.294 e. The molecule has 2 heterocycles. The second-order valence-electron chi connectivity index (χ2n) is 7.42. The van der Waals surface area contributed by atoms with Crippen LogP contribution in [0.2, 0.25) is 0 Å². The van der Waals surface area contributed by atoms with Crippen molar-refractivity contribution < 1.29 is 9.72 Å². The number of hydrogen-bond acceptors (Lipinski definition) is 5. The average molecular weight is 405 g/mol. The summed E-state index contributed by atoms with van der Waals surface area (Å²) >= 11 is 0. The summed E-state index contributed by atoms with van der Waals surface area (Å²) in [5, 5.41) is 14.4. The zero-order valence-electron chi connectivity index (χ0n) is 16.5. The van der Waals surface area contributed by atoms with Crippen LogP contribution in [0.25, 0.3) is 5.69 Å². The largest absolute Gasteiger partial charge is 0.322 e. The quantitative estimate of drug-likeness (QED) is 0.494. The van der Waals surface area contributed by atoms with E-state index in [0.717, 1.165) is 25.2 Å². The fourth-order valence-corrected chi connectivity index (χ4v) is 3.76. The topological polar surface area (TPSA) is 93.3 Å². The van der Waals surface area contributed by atoms with Crippen LogP contribution >= 0.6 is 0 Å². The second kappa shape index (κ2) is 8.87. The first kappa shape index (κ1) is 19.8. The summed E-state index contributed by atoms with van der Waals surface area (Å²) in [6, 6.07) is 12.2. The highest BCUT2D eigenvalue weighted by Gasteiger charge is 2.19. The molecule has 1 saturated heterocycles. The van der Waals surface area contributed by atoms with Gasteiger partial charge in [0, 0.05) is 36.3 Å². The van der Waals surface area contributed by atoms with Crippen LogP contribution in [0, 0.1) is 10.1 Å². The molecule has 8 heteroatoms. The third kappa shape index (κ3) is 4.55. The Morgan fingerprint density at radius 1 is 1.13 bits per heavy atom. The Balaban J connectivity index is 1.50. The van der Waals surface area contributed by atoms with E-state index in [4.69, 9.17) is 0 Å². The first-order valence-corrected chi connectivity index (χ1v) is 9.99. The van der Waals surface area contributed by atoms with Crippen LogP contribution in [-0.4, -0.2) is 38.4 Å². The monoisotopic (exact) mass is 405 g/mol. The molecule has 1 amide bonds. The van der Waals surface area contributed by atoms with Crippen LogP contribution in [0.4, 0.5) is 11.4 Å². The molecule has 1 aliphatic rings. The van der Waals surface area contributed by atoms with Crippen LogP contribution in [0.3, 0.4) is 0 Å². The number of carbonyl (C=O) groups is 1. The lowest BCUT2D eigenvalue weighted by Gasteiger charge is -2.26. The Labute approximate surface area is 174 Å². The van der Waals surface area contributed by atoms with Crippen LogP contribution < -0.4 is 5.32 Å². The molecule has 0 radical (unpaired) electrons. The Bertz CT molecular complexity index is 1040. The van der Waals surface area contributed by atoms with E-state index >= 15 is 0 Å². The normalized spacial score (nSPS) is 14.4. The summed E-state index contributed by atoms with van der Waals surface area (Å²) < 4.78 is 1.55. The number of nitrogens with zero attached hydrogens (tertiary/aromatic N) is 4. The van der Waals surface area contributed by atoms with Crippen molar-refractivity contribution in [3.63, 3.8) is 0 Å². The summed E-state index contributed by atoms with van der Waals surface area (Å²) in [5.74, 6) is -0.384. The number of hydrogen-bond donors (Lipinski definition) is 1. The standard InChI is InChI=1S/C22H23N5O3/c28-22(18-7-8-20(21(14-18)27(29)30)26-12-9-23-16-26)24-19-6-4-5-17(13-19)15-25-10-2-1-3-11-25/h4-9,12-14,16H,1-3,10-11,15H2,(H,24,28). The molecule has 3 aromatic rings. The number of likely N-dealkylation sites (tertiary alicyclic amines) is 1. The van der Waals surface area contributed by atoms with Crippen molar-refractivity contribution in [3.05, 3.63) is 82.4 Å². The van der Waals surface area contributed by atoms with E-state index in [1.54, 1.807) is 29.1 Å². The summed E-state index contributed by atoms with van der Waals surface area (Å²) in [7, 11) is 0. The van der Waals surface area contributed by atoms with Crippen molar-refractivity contribution in [1.82, 2.24) is 14.5 Å². The Morgan fingerprint density at radius 2 is 1.97 bits per heavy atom. The highest BCUT2D eigenvalue weighted by molar-refractivity contribution is 6.05. The van der Waals surface area contributed by atoms with Crippen LogP contribution in [0.5, 0.6) is 0 Å². The number of nitrogens with one attached hydrogen (secondary N) is 1. The molecule has 0 unspecified atom stereocenters. The summed E-state index contributed by atoms with van der Waals surface area (Å²) in [5.41, 5.74) is 2.25. The number of carbonyl (C=O) groups excluding carboxylic acids is 1. The van der Waals surface area contributed by atoms with E-state index in [2.05, 4.69) is 21.3 Å². The number of aromatic nitrogens is 2. The molecule has 0 aliphatic carbocycles. The van der Waals surface area contributed by atoms with E-state index in [0.29, 0.717) is 11.4 Å². The van der Waals surface area contributed by atoms with Gasteiger partial charge in [0.05, 0.1) is 11.3 Å². The van der Waals surface area contributed by atoms with E-state index in [1.165, 1.54) is 31.7 Å². The molecule has 0 bridgehead atoms. The molecule has 8 nitrogen and oxygen atoms in total. The lowest BCUT2D eigenvalue weighted by Crippen LogP contribution is -2.29. The molecule has 0 atom stereocenters. The van der Waals surface area contributed by atoms with Gasteiger partial charge in [0.2, 0.25) is 0 Å². The minimum atomic E-state index is -0.495. The number of amides is 1. The molecule has 1 aromatic heterocycles. The maximum absolute atomic E-state index is 12.7. The van der Waals surface area contributed by atoms with Gasteiger partial charge in [-0.1, -0.05) is 18.6 Å². The fraction of sp³-hybridized carbons (Fsp3) is 0.273. The van der Waals surface area contributed by atoms with Gasteiger partial charge in [0.15, 0.2) is 0 Å². The number of imidazole rings is 1. The molecule has 4 rings (SSSR count). The minimum Gasteiger partial charge on any atom is -0.322 e. The van der Waals surface area contributed by atoms with Crippen molar-refractivity contribution in [2.45, 2.75) is 25.8 Å². The summed E-state index contributed by atoms with van der Waals surface area (Å²) in [6.07, 6.45) is 8.39. The van der Waals surface area contributed by atoms with Crippen molar-refractivity contribution in [2.24, 2.45) is 0 Å². The Hall–Kier alpha value is -3.52. The van der Waals surface area contributed by atoms with E-state index < -0.39 is 4.92 Å². The highest BCUT2D eigenvalue weighted by Crippen LogP contribution is 2.25. The minimum absolute atomic E-state index is 0.153. The number of benzene rings is 2. The fourth-order valence-electron chi connectivity index (χ4n) is 3.76. The molecule has 1 aliphatic heterocycles. The van der Waals surface area contributed by atoms with Crippen molar-refractivity contribution in [2.75, 3.05) is 18.4 Å². The van der Waals surface area contributed by atoms with Gasteiger partial charge in [-0.3, -0.25) is 19.8 Å². The van der Waals surface area contributed by atoms with Gasteiger partial charge in [-0.2, -0.15) is 0 Å². The molecule has 2 aromatic carbocycles. The van der Waals surface area contributed by atoms with Crippen molar-refractivity contribution >= 4 is 17.3 Å². The Morgan fingerprint density at radius 3 is 2.70 bits per heavy atom.